The molecule has 0 radical (unpaired) electrons. The van der Waals surface area contributed by atoms with Crippen molar-refractivity contribution >= 4 is 45.3 Å². The number of hydrogen-bond acceptors (Lipinski definition) is 16. The Balaban J connectivity index is 0.000000164. The van der Waals surface area contributed by atoms with Gasteiger partial charge in [0.05, 0.1) is 36.4 Å². The lowest BCUT2D eigenvalue weighted by molar-refractivity contribution is -0.0665. The molecule has 246 valence electrons. The molecule has 46 heavy (non-hydrogen) atoms. The van der Waals surface area contributed by atoms with Gasteiger partial charge >= 0.3 is 0 Å². The van der Waals surface area contributed by atoms with E-state index in [-0.39, 0.29) is 12.4 Å². The summed E-state index contributed by atoms with van der Waals surface area (Å²) in [6.45, 7) is 2.09. The minimum absolute atomic E-state index is 0.200. The maximum atomic E-state index is 10.7. The lowest BCUT2D eigenvalue weighted by Gasteiger charge is -2.26. The van der Waals surface area contributed by atoms with E-state index in [2.05, 4.69) is 47.7 Å². The Labute approximate surface area is 273 Å². The Morgan fingerprint density at radius 1 is 0.826 bits per heavy atom. The second kappa shape index (κ2) is 11.9. The van der Waals surface area contributed by atoms with Crippen molar-refractivity contribution in [2.45, 2.75) is 61.7 Å². The van der Waals surface area contributed by atoms with Crippen LogP contribution in [-0.2, 0) is 9.47 Å². The number of aliphatic hydroxyl groups is 6. The first kappa shape index (κ1) is 32.4. The maximum Gasteiger partial charge on any atom is 0.228 e. The van der Waals surface area contributed by atoms with Gasteiger partial charge < -0.3 is 56.0 Å². The molecule has 0 amide bonds. The van der Waals surface area contributed by atoms with E-state index in [1.807, 2.05) is 0 Å². The second-order valence-corrected chi connectivity index (χ2v) is 12.5. The second-order valence-electron chi connectivity index (χ2n) is 11.4. The van der Waals surface area contributed by atoms with Gasteiger partial charge in [0.2, 0.25) is 5.89 Å². The number of oxazole rings is 1. The third kappa shape index (κ3) is 5.07. The summed E-state index contributed by atoms with van der Waals surface area (Å²) in [5.74, 6) is 0.825. The summed E-state index contributed by atoms with van der Waals surface area (Å²) in [6, 6.07) is 3.43. The Bertz CT molecular complexity index is 1860. The van der Waals surface area contributed by atoms with Crippen molar-refractivity contribution in [3.05, 3.63) is 52.2 Å². The van der Waals surface area contributed by atoms with E-state index in [0.717, 1.165) is 3.57 Å². The molecule has 7 rings (SSSR count). The molecule has 5 aromatic heterocycles. The van der Waals surface area contributed by atoms with Gasteiger partial charge in [0, 0.05) is 3.57 Å². The van der Waals surface area contributed by atoms with E-state index in [4.69, 9.17) is 25.4 Å². The van der Waals surface area contributed by atoms with Crippen molar-refractivity contribution in [1.29, 1.82) is 0 Å². The van der Waals surface area contributed by atoms with E-state index >= 15 is 0 Å². The lowest BCUT2D eigenvalue weighted by Crippen LogP contribution is -2.43. The highest BCUT2D eigenvalue weighted by molar-refractivity contribution is 14.1. The standard InChI is InChI=1S/C15H17N5O5.C12H15IN4O4/c1-15(23)11(22)9(5-21)25-12(15)8-4-7(14-17-2-3-24-14)10-13(16)18-6-19-20(8)10;1-12(20)9(19)7(3-18)21-10(12)6-2-5(13)8-11(14)15-4-16-17(6)8/h2-4,6,9,11-12,21-23H,5H2,1H3,(H2,16,18,19);2,4,7,9-10,18-20H,3H2,1H3,(H2,14,15,16)/t9-,11-,12+,15-;7-,9-,10+,12-/m11/s1. The lowest BCUT2D eigenvalue weighted by atomic mass is 9.91. The number of nitrogen functional groups attached to an aromatic ring is 2. The van der Waals surface area contributed by atoms with Gasteiger partial charge in [-0.25, -0.2) is 24.0 Å². The molecule has 10 N–H and O–H groups in total. The quantitative estimate of drug-likeness (QED) is 0.0997. The fraction of sp³-hybridized carbons (Fsp3) is 0.444. The number of anilines is 2. The number of hydrogen-bond donors (Lipinski definition) is 8. The molecular formula is C27H32IN9O9. The largest absolute Gasteiger partial charge is 0.444 e. The summed E-state index contributed by atoms with van der Waals surface area (Å²) < 4.78 is 20.4. The van der Waals surface area contributed by atoms with Crippen molar-refractivity contribution in [3.63, 3.8) is 0 Å². The fourth-order valence-corrected chi connectivity index (χ4v) is 6.72. The Morgan fingerprint density at radius 3 is 1.80 bits per heavy atom. The van der Waals surface area contributed by atoms with Crippen molar-refractivity contribution in [2.24, 2.45) is 0 Å². The number of rotatable bonds is 5. The van der Waals surface area contributed by atoms with E-state index in [1.54, 1.807) is 12.1 Å². The van der Waals surface area contributed by atoms with Crippen LogP contribution in [0, 0.1) is 3.57 Å². The van der Waals surface area contributed by atoms with Gasteiger partial charge in [-0.3, -0.25) is 0 Å². The predicted molar refractivity (Wildman–Crippen MR) is 166 cm³/mol. The summed E-state index contributed by atoms with van der Waals surface area (Å²) in [5, 5.41) is 68.5. The minimum atomic E-state index is -1.64. The van der Waals surface area contributed by atoms with Gasteiger partial charge in [-0.05, 0) is 48.6 Å². The highest BCUT2D eigenvalue weighted by Crippen LogP contribution is 2.45. The molecule has 2 fully saturated rings. The number of halogens is 1. The summed E-state index contributed by atoms with van der Waals surface area (Å²) in [6.07, 6.45) is -0.534. The zero-order valence-electron chi connectivity index (χ0n) is 24.4. The molecule has 2 aliphatic rings. The first-order valence-electron chi connectivity index (χ1n) is 14.0. The molecule has 0 bridgehead atoms. The van der Waals surface area contributed by atoms with Crippen LogP contribution in [0.4, 0.5) is 11.6 Å². The van der Waals surface area contributed by atoms with Crippen LogP contribution in [0.1, 0.15) is 37.4 Å². The number of ether oxygens (including phenoxy) is 2. The monoisotopic (exact) mass is 753 g/mol. The molecular weight excluding hydrogens is 721 g/mol. The van der Waals surface area contributed by atoms with Gasteiger partial charge in [-0.1, -0.05) is 0 Å². The number of nitrogens with zero attached hydrogens (tertiary/aromatic N) is 7. The fourth-order valence-electron chi connectivity index (χ4n) is 5.89. The number of fused-ring (bicyclic) bond motifs is 2. The molecule has 0 aliphatic carbocycles. The first-order chi connectivity index (χ1) is 21.8. The molecule has 5 aromatic rings. The first-order valence-corrected chi connectivity index (χ1v) is 15.0. The minimum Gasteiger partial charge on any atom is -0.444 e. The van der Waals surface area contributed by atoms with Gasteiger partial charge in [0.15, 0.2) is 11.6 Å². The van der Waals surface area contributed by atoms with Crippen molar-refractivity contribution in [3.8, 4) is 11.5 Å². The molecule has 2 aliphatic heterocycles. The highest BCUT2D eigenvalue weighted by Gasteiger charge is 2.54. The van der Waals surface area contributed by atoms with Crippen LogP contribution in [0.15, 0.2) is 41.7 Å². The highest BCUT2D eigenvalue weighted by atomic mass is 127. The molecule has 0 unspecified atom stereocenters. The molecule has 7 heterocycles. The van der Waals surface area contributed by atoms with Crippen molar-refractivity contribution in [1.82, 2.24) is 34.2 Å². The van der Waals surface area contributed by atoms with Crippen LogP contribution >= 0.6 is 22.6 Å². The van der Waals surface area contributed by atoms with E-state index in [0.29, 0.717) is 39.7 Å². The summed E-state index contributed by atoms with van der Waals surface area (Å²) in [7, 11) is 0. The number of nitrogens with two attached hydrogens (primary N) is 2. The molecule has 0 saturated carbocycles. The summed E-state index contributed by atoms with van der Waals surface area (Å²) >= 11 is 2.09. The van der Waals surface area contributed by atoms with Crippen LogP contribution in [0.2, 0.25) is 0 Å². The molecule has 0 spiro atoms. The Hall–Kier alpha value is -3.54. The smallest absolute Gasteiger partial charge is 0.228 e. The van der Waals surface area contributed by atoms with Crippen LogP contribution in [0.3, 0.4) is 0 Å². The van der Waals surface area contributed by atoms with Crippen LogP contribution in [-0.4, -0.2) is 114 Å². The van der Waals surface area contributed by atoms with E-state index < -0.39 is 54.4 Å². The SMILES string of the molecule is C[C@@]1(O)[C@H](O)[C@@H](CO)O[C@H]1c1cc(-c2ncco2)c2c(N)ncnn12.C[C@@]1(O)[C@H](O)[C@@H](CO)O[C@H]1c1cc(I)c2c(N)ncnn12. The van der Waals surface area contributed by atoms with Gasteiger partial charge in [-0.15, -0.1) is 0 Å². The Morgan fingerprint density at radius 2 is 1.33 bits per heavy atom. The van der Waals surface area contributed by atoms with Crippen LogP contribution in [0.25, 0.3) is 22.5 Å². The zero-order valence-corrected chi connectivity index (χ0v) is 26.6. The zero-order chi connectivity index (χ0) is 33.1. The van der Waals surface area contributed by atoms with Gasteiger partial charge in [0.25, 0.3) is 0 Å². The van der Waals surface area contributed by atoms with Crippen LogP contribution in [0.5, 0.6) is 0 Å². The van der Waals surface area contributed by atoms with Gasteiger partial charge in [0.1, 0.15) is 77.8 Å². The number of aliphatic hydroxyl groups excluding tert-OH is 4. The van der Waals surface area contributed by atoms with Crippen LogP contribution < -0.4 is 11.5 Å². The van der Waals surface area contributed by atoms with Crippen molar-refractivity contribution in [2.75, 3.05) is 24.7 Å². The number of aromatic nitrogens is 7. The normalized spacial score (nSPS) is 31.1. The maximum absolute atomic E-state index is 10.7. The molecule has 2 saturated heterocycles. The van der Waals surface area contributed by atoms with Gasteiger partial charge in [-0.2, -0.15) is 10.2 Å². The Kier molecular flexibility index (Phi) is 8.40. The summed E-state index contributed by atoms with van der Waals surface area (Å²) in [4.78, 5) is 12.0. The molecule has 0 aromatic carbocycles. The predicted octanol–water partition coefficient (Wildman–Crippen LogP) is -1.03. The average molecular weight is 754 g/mol. The average Bonchev–Trinajstić information content (AvgIpc) is 3.82. The third-order valence-corrected chi connectivity index (χ3v) is 9.14. The van der Waals surface area contributed by atoms with Crippen molar-refractivity contribution < 1.29 is 44.5 Å². The van der Waals surface area contributed by atoms with E-state index in [1.165, 1.54) is 48.0 Å². The van der Waals surface area contributed by atoms with E-state index in [9.17, 15) is 30.6 Å². The molecule has 18 nitrogen and oxygen atoms in total. The topological polar surface area (TPSA) is 278 Å². The molecule has 19 heteroatoms. The summed E-state index contributed by atoms with van der Waals surface area (Å²) in [5.41, 5.74) is 11.2. The molecule has 8 atom stereocenters. The third-order valence-electron chi connectivity index (χ3n) is 8.32.